The molecule has 0 aliphatic heterocycles. The minimum atomic E-state index is -4.39. The summed E-state index contributed by atoms with van der Waals surface area (Å²) in [5.74, 6) is -0.329. The van der Waals surface area contributed by atoms with Crippen LogP contribution in [0.5, 0.6) is 0 Å². The number of carbonyl (C=O) groups is 1. The van der Waals surface area contributed by atoms with Crippen molar-refractivity contribution in [3.63, 3.8) is 0 Å². The van der Waals surface area contributed by atoms with Crippen molar-refractivity contribution in [3.05, 3.63) is 35.4 Å². The number of hydrogen-bond donors (Lipinski definition) is 0. The maximum atomic E-state index is 12.3. The van der Waals surface area contributed by atoms with Gasteiger partial charge in [-0.25, -0.2) is 0 Å². The van der Waals surface area contributed by atoms with Crippen molar-refractivity contribution in [1.82, 2.24) is 4.90 Å². The summed E-state index contributed by atoms with van der Waals surface area (Å²) in [6.45, 7) is 0.284. The Morgan fingerprint density at radius 2 is 1.83 bits per heavy atom. The van der Waals surface area contributed by atoms with Crippen LogP contribution in [0.1, 0.15) is 22.8 Å². The lowest BCUT2D eigenvalue weighted by molar-refractivity contribution is -0.140. The van der Waals surface area contributed by atoms with E-state index in [-0.39, 0.29) is 12.1 Å². The zero-order chi connectivity index (χ0) is 13.8. The monoisotopic (exact) mass is 279 g/mol. The molecule has 0 aliphatic rings. The molecule has 6 heteroatoms. The molecule has 0 spiro atoms. The van der Waals surface area contributed by atoms with E-state index in [4.69, 9.17) is 11.6 Å². The van der Waals surface area contributed by atoms with Gasteiger partial charge in [-0.05, 0) is 24.6 Å². The Kier molecular flexibility index (Phi) is 5.02. The Balaban J connectivity index is 2.82. The van der Waals surface area contributed by atoms with Crippen LogP contribution in [0.4, 0.5) is 13.2 Å². The van der Waals surface area contributed by atoms with Gasteiger partial charge in [0, 0.05) is 18.0 Å². The van der Waals surface area contributed by atoms with Gasteiger partial charge in [0.2, 0.25) is 0 Å². The van der Waals surface area contributed by atoms with E-state index in [0.717, 1.165) is 10.5 Å². The summed E-state index contributed by atoms with van der Waals surface area (Å²) >= 11 is 5.59. The van der Waals surface area contributed by atoms with E-state index in [1.165, 1.54) is 19.1 Å². The van der Waals surface area contributed by atoms with Crippen molar-refractivity contribution in [2.45, 2.75) is 19.0 Å². The number of amides is 1. The highest BCUT2D eigenvalue weighted by Crippen LogP contribution is 2.18. The molecule has 0 saturated carbocycles. The van der Waals surface area contributed by atoms with Gasteiger partial charge in [-0.15, -0.1) is 11.6 Å². The quantitative estimate of drug-likeness (QED) is 0.773. The van der Waals surface area contributed by atoms with Gasteiger partial charge < -0.3 is 4.90 Å². The molecule has 1 amide bonds. The molecular formula is C12H13ClF3NO. The fourth-order valence-electron chi connectivity index (χ4n) is 1.46. The van der Waals surface area contributed by atoms with Crippen molar-refractivity contribution >= 4 is 17.5 Å². The van der Waals surface area contributed by atoms with Gasteiger partial charge in [-0.3, -0.25) is 4.79 Å². The zero-order valence-electron chi connectivity index (χ0n) is 9.80. The summed E-state index contributed by atoms with van der Waals surface area (Å²) in [6.07, 6.45) is -4.39. The maximum Gasteiger partial charge on any atom is 0.406 e. The third-order valence-corrected chi connectivity index (χ3v) is 2.70. The Labute approximate surface area is 108 Å². The average molecular weight is 280 g/mol. The van der Waals surface area contributed by atoms with E-state index in [2.05, 4.69) is 0 Å². The Hall–Kier alpha value is -1.23. The fourth-order valence-corrected chi connectivity index (χ4v) is 1.64. The molecule has 0 unspecified atom stereocenters. The van der Waals surface area contributed by atoms with Crippen molar-refractivity contribution in [2.24, 2.45) is 0 Å². The number of benzene rings is 1. The second-order valence-electron chi connectivity index (χ2n) is 3.77. The average Bonchev–Trinajstić information content (AvgIpc) is 2.34. The van der Waals surface area contributed by atoms with Crippen LogP contribution in [-0.2, 0) is 5.88 Å². The topological polar surface area (TPSA) is 20.3 Å². The minimum absolute atomic E-state index is 0.00952. The second-order valence-corrected chi connectivity index (χ2v) is 4.03. The number of carbonyl (C=O) groups excluding carboxylic acids is 1. The van der Waals surface area contributed by atoms with Crippen molar-refractivity contribution in [1.29, 1.82) is 0 Å². The van der Waals surface area contributed by atoms with Crippen LogP contribution < -0.4 is 0 Å². The number of alkyl halides is 4. The van der Waals surface area contributed by atoms with Crippen molar-refractivity contribution in [3.8, 4) is 0 Å². The lowest BCUT2D eigenvalue weighted by Gasteiger charge is -2.22. The molecule has 1 rings (SSSR count). The van der Waals surface area contributed by atoms with Crippen LogP contribution in [0.2, 0.25) is 0 Å². The highest BCUT2D eigenvalue weighted by Gasteiger charge is 2.32. The molecule has 0 saturated heterocycles. The predicted molar refractivity (Wildman–Crippen MR) is 63.6 cm³/mol. The molecule has 1 aromatic rings. The van der Waals surface area contributed by atoms with E-state index in [0.29, 0.717) is 5.88 Å². The van der Waals surface area contributed by atoms with Gasteiger partial charge in [0.15, 0.2) is 0 Å². The fraction of sp³-hybridized carbons (Fsp3) is 0.417. The molecule has 2 nitrogen and oxygen atoms in total. The van der Waals surface area contributed by atoms with E-state index in [1.807, 2.05) is 0 Å². The summed E-state index contributed by atoms with van der Waals surface area (Å²) in [6, 6.07) is 6.22. The third-order valence-electron chi connectivity index (χ3n) is 2.39. The van der Waals surface area contributed by atoms with Crippen LogP contribution in [0.15, 0.2) is 24.3 Å². The SMILES string of the molecule is CCN(CC(F)(F)F)C(=O)c1ccc(CCl)cc1. The first-order chi connectivity index (χ1) is 8.37. The maximum absolute atomic E-state index is 12.3. The van der Waals surface area contributed by atoms with E-state index >= 15 is 0 Å². The number of hydrogen-bond acceptors (Lipinski definition) is 1. The number of rotatable bonds is 4. The van der Waals surface area contributed by atoms with Gasteiger partial charge in [0.1, 0.15) is 6.54 Å². The molecule has 0 heterocycles. The summed E-state index contributed by atoms with van der Waals surface area (Å²) < 4.78 is 36.8. The molecule has 0 atom stereocenters. The summed E-state index contributed by atoms with van der Waals surface area (Å²) in [4.78, 5) is 12.6. The highest BCUT2D eigenvalue weighted by atomic mass is 35.5. The van der Waals surface area contributed by atoms with E-state index in [1.54, 1.807) is 12.1 Å². The minimum Gasteiger partial charge on any atom is -0.330 e. The Morgan fingerprint density at radius 1 is 1.28 bits per heavy atom. The molecule has 18 heavy (non-hydrogen) atoms. The highest BCUT2D eigenvalue weighted by molar-refractivity contribution is 6.17. The smallest absolute Gasteiger partial charge is 0.330 e. The van der Waals surface area contributed by atoms with Gasteiger partial charge in [0.05, 0.1) is 0 Å². The van der Waals surface area contributed by atoms with Crippen LogP contribution in [0.25, 0.3) is 0 Å². The molecule has 0 aliphatic carbocycles. The van der Waals surface area contributed by atoms with Crippen LogP contribution in [0, 0.1) is 0 Å². The van der Waals surface area contributed by atoms with Crippen LogP contribution >= 0.6 is 11.6 Å². The molecule has 0 N–H and O–H groups in total. The lowest BCUT2D eigenvalue weighted by Crippen LogP contribution is -2.38. The summed E-state index contributed by atoms with van der Waals surface area (Å²) in [5, 5.41) is 0. The summed E-state index contributed by atoms with van der Waals surface area (Å²) in [5.41, 5.74) is 1.04. The first-order valence-electron chi connectivity index (χ1n) is 5.38. The summed E-state index contributed by atoms with van der Waals surface area (Å²) in [7, 11) is 0. The number of halogens is 4. The van der Waals surface area contributed by atoms with Crippen molar-refractivity contribution in [2.75, 3.05) is 13.1 Å². The Bertz CT molecular complexity index is 403. The standard InChI is InChI=1S/C12H13ClF3NO/c1-2-17(8-12(14,15)16)11(18)10-5-3-9(7-13)4-6-10/h3-6H,2,7-8H2,1H3. The predicted octanol–water partition coefficient (Wildman–Crippen LogP) is 3.45. The van der Waals surface area contributed by atoms with Gasteiger partial charge in [0.25, 0.3) is 5.91 Å². The first kappa shape index (κ1) is 14.8. The molecule has 100 valence electrons. The van der Waals surface area contributed by atoms with Crippen LogP contribution in [0.3, 0.4) is 0 Å². The normalized spacial score (nSPS) is 11.4. The lowest BCUT2D eigenvalue weighted by atomic mass is 10.1. The molecule has 0 radical (unpaired) electrons. The Morgan fingerprint density at radius 3 is 2.22 bits per heavy atom. The molecule has 0 bridgehead atoms. The first-order valence-corrected chi connectivity index (χ1v) is 5.91. The van der Waals surface area contributed by atoms with Gasteiger partial charge in [-0.1, -0.05) is 12.1 Å². The molecule has 0 fully saturated rings. The zero-order valence-corrected chi connectivity index (χ0v) is 10.6. The molecular weight excluding hydrogens is 267 g/mol. The third kappa shape index (κ3) is 4.22. The van der Waals surface area contributed by atoms with Gasteiger partial charge in [-0.2, -0.15) is 13.2 Å². The molecule has 0 aromatic heterocycles. The van der Waals surface area contributed by atoms with E-state index in [9.17, 15) is 18.0 Å². The van der Waals surface area contributed by atoms with Crippen LogP contribution in [-0.4, -0.2) is 30.1 Å². The molecule has 1 aromatic carbocycles. The largest absolute Gasteiger partial charge is 0.406 e. The second kappa shape index (κ2) is 6.09. The van der Waals surface area contributed by atoms with Gasteiger partial charge >= 0.3 is 6.18 Å². The van der Waals surface area contributed by atoms with E-state index < -0.39 is 18.6 Å². The van der Waals surface area contributed by atoms with Crippen molar-refractivity contribution < 1.29 is 18.0 Å². The number of nitrogens with zero attached hydrogens (tertiary/aromatic N) is 1.